The molecule has 0 aliphatic rings. The number of carboxylic acid groups (broad SMARTS) is 1. The Balaban J connectivity index is 4.99. The predicted molar refractivity (Wildman–Crippen MR) is 119 cm³/mol. The summed E-state index contributed by atoms with van der Waals surface area (Å²) in [5.41, 5.74) is 11.4. The lowest BCUT2D eigenvalue weighted by molar-refractivity contribution is -0.142. The van der Waals surface area contributed by atoms with Crippen molar-refractivity contribution < 1.29 is 24.3 Å². The van der Waals surface area contributed by atoms with E-state index in [0.29, 0.717) is 25.8 Å². The van der Waals surface area contributed by atoms with Crippen molar-refractivity contribution in [2.75, 3.05) is 6.54 Å². The number of unbranched alkanes of at least 4 members (excludes halogenated alkanes) is 1. The van der Waals surface area contributed by atoms with E-state index in [2.05, 4.69) is 16.0 Å². The number of rotatable bonds is 15. The van der Waals surface area contributed by atoms with Gasteiger partial charge in [0.05, 0.1) is 6.04 Å². The van der Waals surface area contributed by atoms with Crippen molar-refractivity contribution >= 4 is 23.7 Å². The molecule has 0 aliphatic carbocycles. The Morgan fingerprint density at radius 3 is 1.77 bits per heavy atom. The summed E-state index contributed by atoms with van der Waals surface area (Å²) in [5.74, 6) is -2.50. The second-order valence-electron chi connectivity index (χ2n) is 8.84. The molecule has 0 aromatic rings. The molecular formula is C21H41N5O5. The predicted octanol–water partition coefficient (Wildman–Crippen LogP) is 0.0938. The van der Waals surface area contributed by atoms with E-state index in [4.69, 9.17) is 11.5 Å². The molecule has 0 rings (SSSR count). The third kappa shape index (κ3) is 12.3. The number of aliphatic carboxylic acids is 1. The van der Waals surface area contributed by atoms with Crippen LogP contribution < -0.4 is 27.4 Å². The van der Waals surface area contributed by atoms with Crippen molar-refractivity contribution in [3.05, 3.63) is 0 Å². The molecule has 0 saturated heterocycles. The normalized spacial score (nSPS) is 15.1. The van der Waals surface area contributed by atoms with Gasteiger partial charge < -0.3 is 32.5 Å². The highest BCUT2D eigenvalue weighted by Gasteiger charge is 2.28. The van der Waals surface area contributed by atoms with Crippen molar-refractivity contribution in [3.8, 4) is 0 Å². The van der Waals surface area contributed by atoms with Crippen LogP contribution in [0.4, 0.5) is 0 Å². The number of carboxylic acids is 1. The van der Waals surface area contributed by atoms with E-state index in [1.54, 1.807) is 0 Å². The molecule has 4 unspecified atom stereocenters. The van der Waals surface area contributed by atoms with Crippen LogP contribution in [0, 0.1) is 11.8 Å². The molecule has 10 heteroatoms. The van der Waals surface area contributed by atoms with Gasteiger partial charge in [0.2, 0.25) is 17.7 Å². The quantitative estimate of drug-likeness (QED) is 0.194. The fraction of sp³-hybridized carbons (Fsp3) is 0.810. The van der Waals surface area contributed by atoms with Crippen LogP contribution in [0.25, 0.3) is 0 Å². The minimum absolute atomic E-state index is 0.0750. The number of nitrogens with two attached hydrogens (primary N) is 2. The van der Waals surface area contributed by atoms with Crippen molar-refractivity contribution in [2.45, 2.75) is 90.9 Å². The van der Waals surface area contributed by atoms with Gasteiger partial charge in [0.15, 0.2) is 0 Å². The third-order valence-corrected chi connectivity index (χ3v) is 4.72. The van der Waals surface area contributed by atoms with Gasteiger partial charge in [-0.1, -0.05) is 34.1 Å². The van der Waals surface area contributed by atoms with Crippen LogP contribution in [0.15, 0.2) is 0 Å². The second-order valence-corrected chi connectivity index (χ2v) is 8.84. The van der Waals surface area contributed by atoms with E-state index < -0.39 is 47.9 Å². The van der Waals surface area contributed by atoms with Gasteiger partial charge in [-0.2, -0.15) is 0 Å². The minimum Gasteiger partial charge on any atom is -0.480 e. The zero-order valence-electron chi connectivity index (χ0n) is 19.4. The lowest BCUT2D eigenvalue weighted by Crippen LogP contribution is -2.56. The van der Waals surface area contributed by atoms with E-state index >= 15 is 0 Å². The van der Waals surface area contributed by atoms with Crippen molar-refractivity contribution in [1.29, 1.82) is 0 Å². The molecule has 0 radical (unpaired) electrons. The van der Waals surface area contributed by atoms with E-state index in [-0.39, 0.29) is 18.3 Å². The Morgan fingerprint density at radius 2 is 1.29 bits per heavy atom. The summed E-state index contributed by atoms with van der Waals surface area (Å²) in [6.07, 6.45) is 2.58. The summed E-state index contributed by atoms with van der Waals surface area (Å²) >= 11 is 0. The maximum atomic E-state index is 12.7. The molecule has 0 fully saturated rings. The first-order valence-electron chi connectivity index (χ1n) is 11.0. The van der Waals surface area contributed by atoms with Crippen LogP contribution in [0.5, 0.6) is 0 Å². The lowest BCUT2D eigenvalue weighted by atomic mass is 10.0. The second kappa shape index (κ2) is 14.7. The van der Waals surface area contributed by atoms with Gasteiger partial charge in [-0.3, -0.25) is 14.4 Å². The van der Waals surface area contributed by atoms with Crippen molar-refractivity contribution in [1.82, 2.24) is 16.0 Å². The molecular weight excluding hydrogens is 402 g/mol. The smallest absolute Gasteiger partial charge is 0.326 e. The number of amides is 3. The first-order chi connectivity index (χ1) is 14.4. The van der Waals surface area contributed by atoms with E-state index in [1.165, 1.54) is 6.92 Å². The van der Waals surface area contributed by atoms with Gasteiger partial charge in [0.1, 0.15) is 18.1 Å². The van der Waals surface area contributed by atoms with Crippen LogP contribution in [-0.2, 0) is 19.2 Å². The largest absolute Gasteiger partial charge is 0.480 e. The van der Waals surface area contributed by atoms with E-state index in [0.717, 1.165) is 6.42 Å². The maximum Gasteiger partial charge on any atom is 0.326 e. The molecule has 4 atom stereocenters. The van der Waals surface area contributed by atoms with Crippen LogP contribution in [0.2, 0.25) is 0 Å². The molecule has 10 nitrogen and oxygen atoms in total. The van der Waals surface area contributed by atoms with E-state index in [1.807, 2.05) is 27.7 Å². The fourth-order valence-corrected chi connectivity index (χ4v) is 2.99. The Hall–Kier alpha value is -2.20. The average Bonchev–Trinajstić information content (AvgIpc) is 2.65. The average molecular weight is 444 g/mol. The van der Waals surface area contributed by atoms with Gasteiger partial charge >= 0.3 is 5.97 Å². The molecule has 180 valence electrons. The highest BCUT2D eigenvalue weighted by Crippen LogP contribution is 2.08. The molecule has 0 bridgehead atoms. The summed E-state index contributed by atoms with van der Waals surface area (Å²) in [6, 6.07) is -3.60. The lowest BCUT2D eigenvalue weighted by Gasteiger charge is -2.25. The number of nitrogens with one attached hydrogen (secondary N) is 3. The van der Waals surface area contributed by atoms with Crippen LogP contribution in [-0.4, -0.2) is 59.5 Å². The summed E-state index contributed by atoms with van der Waals surface area (Å²) in [7, 11) is 0. The molecule has 0 aromatic heterocycles. The van der Waals surface area contributed by atoms with Gasteiger partial charge in [0, 0.05) is 0 Å². The van der Waals surface area contributed by atoms with Crippen LogP contribution >= 0.6 is 0 Å². The van der Waals surface area contributed by atoms with Crippen molar-refractivity contribution in [2.24, 2.45) is 23.3 Å². The van der Waals surface area contributed by atoms with Gasteiger partial charge in [-0.05, 0) is 51.0 Å². The SMILES string of the molecule is CC(C)CC(NC(=O)C(C)NC(=O)C(CC(C)C)NC(=O)C(N)CCCCN)C(=O)O. The summed E-state index contributed by atoms with van der Waals surface area (Å²) in [4.78, 5) is 48.9. The molecule has 0 aromatic carbocycles. The summed E-state index contributed by atoms with van der Waals surface area (Å²) in [6.45, 7) is 9.52. The minimum atomic E-state index is -1.13. The Morgan fingerprint density at radius 1 is 0.774 bits per heavy atom. The molecule has 0 aliphatic heterocycles. The Kier molecular flexibility index (Phi) is 13.7. The molecule has 8 N–H and O–H groups in total. The highest BCUT2D eigenvalue weighted by atomic mass is 16.4. The number of hydrogen-bond acceptors (Lipinski definition) is 6. The number of carbonyl (C=O) groups is 4. The highest BCUT2D eigenvalue weighted by molar-refractivity contribution is 5.93. The zero-order valence-corrected chi connectivity index (χ0v) is 19.4. The van der Waals surface area contributed by atoms with Crippen LogP contribution in [0.3, 0.4) is 0 Å². The molecule has 0 heterocycles. The fourth-order valence-electron chi connectivity index (χ4n) is 2.99. The summed E-state index contributed by atoms with van der Waals surface area (Å²) in [5, 5.41) is 17.0. The number of hydrogen-bond donors (Lipinski definition) is 6. The standard InChI is InChI=1S/C21H41N5O5/c1-12(2)10-16(25-19(28)15(23)8-6-7-9-22)20(29)24-14(5)18(27)26-17(21(30)31)11-13(3)4/h12-17H,6-11,22-23H2,1-5H3,(H,24,29)(H,25,28)(H,26,27)(H,30,31). The zero-order chi connectivity index (χ0) is 24.1. The molecule has 3 amide bonds. The van der Waals surface area contributed by atoms with Crippen molar-refractivity contribution in [3.63, 3.8) is 0 Å². The first kappa shape index (κ1) is 28.8. The summed E-state index contributed by atoms with van der Waals surface area (Å²) < 4.78 is 0. The maximum absolute atomic E-state index is 12.7. The van der Waals surface area contributed by atoms with Gasteiger partial charge in [0.25, 0.3) is 0 Å². The van der Waals surface area contributed by atoms with Gasteiger partial charge in [-0.25, -0.2) is 4.79 Å². The topological polar surface area (TPSA) is 177 Å². The number of carbonyl (C=O) groups excluding carboxylic acids is 3. The molecule has 31 heavy (non-hydrogen) atoms. The molecule has 0 spiro atoms. The first-order valence-corrected chi connectivity index (χ1v) is 11.0. The monoisotopic (exact) mass is 443 g/mol. The Labute approximate surface area is 185 Å². The van der Waals surface area contributed by atoms with Crippen LogP contribution in [0.1, 0.15) is 66.7 Å². The molecule has 0 saturated carbocycles. The van der Waals surface area contributed by atoms with E-state index in [9.17, 15) is 24.3 Å². The Bertz CT molecular complexity index is 597. The van der Waals surface area contributed by atoms with Gasteiger partial charge in [-0.15, -0.1) is 0 Å². The third-order valence-electron chi connectivity index (χ3n) is 4.72.